The molecule has 6 heteroatoms. The third kappa shape index (κ3) is 4.29. The number of ether oxygens (including phenoxy) is 2. The summed E-state index contributed by atoms with van der Waals surface area (Å²) in [6.45, 7) is 2.95. The molecule has 0 spiro atoms. The van der Waals surface area contributed by atoms with Crippen molar-refractivity contribution in [3.05, 3.63) is 52.5 Å². The number of carboxylic acids is 1. The Labute approximate surface area is 139 Å². The molecule has 0 aromatic heterocycles. The monoisotopic (exact) mass is 335 g/mol. The minimum atomic E-state index is -0.993. The van der Waals surface area contributed by atoms with Gasteiger partial charge in [-0.25, -0.2) is 4.79 Å². The van der Waals surface area contributed by atoms with E-state index in [2.05, 4.69) is 5.32 Å². The summed E-state index contributed by atoms with van der Waals surface area (Å²) < 4.78 is 10.8. The van der Waals surface area contributed by atoms with E-state index < -0.39 is 5.97 Å². The normalized spacial score (nSPS) is 10.2. The van der Waals surface area contributed by atoms with E-state index in [-0.39, 0.29) is 5.56 Å². The predicted octanol–water partition coefficient (Wildman–Crippen LogP) is 4.06. The SMILES string of the molecule is CCOc1ccc(CNc2cc(C(=O)O)ccc2Cl)cc1OC. The zero-order valence-electron chi connectivity index (χ0n) is 12.9. The van der Waals surface area contributed by atoms with E-state index in [1.54, 1.807) is 13.2 Å². The van der Waals surface area contributed by atoms with Gasteiger partial charge >= 0.3 is 5.97 Å². The van der Waals surface area contributed by atoms with Gasteiger partial charge in [-0.05, 0) is 42.8 Å². The van der Waals surface area contributed by atoms with Gasteiger partial charge < -0.3 is 19.9 Å². The Morgan fingerprint density at radius 3 is 2.65 bits per heavy atom. The number of anilines is 1. The van der Waals surface area contributed by atoms with E-state index in [1.165, 1.54) is 12.1 Å². The molecule has 0 aliphatic carbocycles. The minimum absolute atomic E-state index is 0.182. The molecule has 2 rings (SSSR count). The third-order valence-electron chi connectivity index (χ3n) is 3.22. The summed E-state index contributed by atoms with van der Waals surface area (Å²) >= 11 is 6.09. The molecule has 2 N–H and O–H groups in total. The second kappa shape index (κ2) is 7.74. The molecule has 0 atom stereocenters. The fourth-order valence-corrected chi connectivity index (χ4v) is 2.27. The molecule has 0 saturated heterocycles. The van der Waals surface area contributed by atoms with Crippen molar-refractivity contribution in [2.24, 2.45) is 0 Å². The number of hydrogen-bond acceptors (Lipinski definition) is 4. The fraction of sp³-hybridized carbons (Fsp3) is 0.235. The van der Waals surface area contributed by atoms with Crippen molar-refractivity contribution in [3.63, 3.8) is 0 Å². The van der Waals surface area contributed by atoms with E-state index in [0.717, 1.165) is 5.56 Å². The summed E-state index contributed by atoms with van der Waals surface area (Å²) in [7, 11) is 1.59. The molecule has 2 aromatic rings. The Hall–Kier alpha value is -2.40. The number of halogens is 1. The van der Waals surface area contributed by atoms with Gasteiger partial charge in [0.05, 0.1) is 30.0 Å². The van der Waals surface area contributed by atoms with Gasteiger partial charge in [-0.2, -0.15) is 0 Å². The number of methoxy groups -OCH3 is 1. The summed E-state index contributed by atoms with van der Waals surface area (Å²) in [6.07, 6.45) is 0. The highest BCUT2D eigenvalue weighted by Gasteiger charge is 2.09. The quantitative estimate of drug-likeness (QED) is 0.798. The Kier molecular flexibility index (Phi) is 5.71. The summed E-state index contributed by atoms with van der Waals surface area (Å²) in [4.78, 5) is 11.0. The van der Waals surface area contributed by atoms with Crippen molar-refractivity contribution < 1.29 is 19.4 Å². The van der Waals surface area contributed by atoms with Gasteiger partial charge in [0.2, 0.25) is 0 Å². The smallest absolute Gasteiger partial charge is 0.335 e. The molecule has 0 heterocycles. The van der Waals surface area contributed by atoms with Crippen molar-refractivity contribution in [3.8, 4) is 11.5 Å². The van der Waals surface area contributed by atoms with E-state index in [0.29, 0.717) is 35.4 Å². The summed E-state index contributed by atoms with van der Waals surface area (Å²) in [5.74, 6) is 0.341. The number of aromatic carboxylic acids is 1. The van der Waals surface area contributed by atoms with Crippen molar-refractivity contribution >= 4 is 23.3 Å². The van der Waals surface area contributed by atoms with Crippen LogP contribution < -0.4 is 14.8 Å². The van der Waals surface area contributed by atoms with E-state index in [4.69, 9.17) is 26.2 Å². The number of hydrogen-bond donors (Lipinski definition) is 2. The molecule has 23 heavy (non-hydrogen) atoms. The first-order valence-electron chi connectivity index (χ1n) is 7.11. The highest BCUT2D eigenvalue weighted by atomic mass is 35.5. The molecular formula is C17H18ClNO4. The van der Waals surface area contributed by atoms with Crippen LogP contribution in [0.1, 0.15) is 22.8 Å². The van der Waals surface area contributed by atoms with Crippen LogP contribution in [0, 0.1) is 0 Å². The maximum absolute atomic E-state index is 11.0. The number of nitrogens with one attached hydrogen (secondary N) is 1. The lowest BCUT2D eigenvalue weighted by molar-refractivity contribution is 0.0697. The topological polar surface area (TPSA) is 67.8 Å². The van der Waals surface area contributed by atoms with E-state index in [1.807, 2.05) is 25.1 Å². The molecule has 0 saturated carbocycles. The maximum Gasteiger partial charge on any atom is 0.335 e. The number of carbonyl (C=O) groups is 1. The van der Waals surface area contributed by atoms with Crippen molar-refractivity contribution in [1.29, 1.82) is 0 Å². The highest BCUT2D eigenvalue weighted by Crippen LogP contribution is 2.29. The molecule has 0 radical (unpaired) electrons. The molecule has 0 unspecified atom stereocenters. The molecule has 0 bridgehead atoms. The first-order chi connectivity index (χ1) is 11.0. The van der Waals surface area contributed by atoms with Crippen LogP contribution >= 0.6 is 11.6 Å². The Bertz CT molecular complexity index is 703. The largest absolute Gasteiger partial charge is 0.493 e. The molecule has 2 aromatic carbocycles. The number of rotatable bonds is 7. The maximum atomic E-state index is 11.0. The zero-order chi connectivity index (χ0) is 16.8. The van der Waals surface area contributed by atoms with Gasteiger partial charge in [0.25, 0.3) is 0 Å². The van der Waals surface area contributed by atoms with Crippen LogP contribution in [-0.4, -0.2) is 24.8 Å². The van der Waals surface area contributed by atoms with Crippen LogP contribution in [0.25, 0.3) is 0 Å². The zero-order valence-corrected chi connectivity index (χ0v) is 13.7. The first-order valence-corrected chi connectivity index (χ1v) is 7.49. The van der Waals surface area contributed by atoms with Gasteiger partial charge in [0.1, 0.15) is 0 Å². The summed E-state index contributed by atoms with van der Waals surface area (Å²) in [5, 5.41) is 12.6. The molecule has 0 amide bonds. The molecule has 0 aliphatic rings. The average Bonchev–Trinajstić information content (AvgIpc) is 2.55. The first kappa shape index (κ1) is 17.0. The van der Waals surface area contributed by atoms with Crippen molar-refractivity contribution in [2.75, 3.05) is 19.0 Å². The minimum Gasteiger partial charge on any atom is -0.493 e. The lowest BCUT2D eigenvalue weighted by Crippen LogP contribution is -2.03. The molecule has 0 fully saturated rings. The van der Waals surface area contributed by atoms with E-state index in [9.17, 15) is 4.79 Å². The van der Waals surface area contributed by atoms with Crippen LogP contribution in [0.5, 0.6) is 11.5 Å². The predicted molar refractivity (Wildman–Crippen MR) is 89.9 cm³/mol. The lowest BCUT2D eigenvalue weighted by Gasteiger charge is -2.13. The molecule has 5 nitrogen and oxygen atoms in total. The van der Waals surface area contributed by atoms with Crippen LogP contribution in [-0.2, 0) is 6.54 Å². The van der Waals surface area contributed by atoms with Crippen LogP contribution in [0.15, 0.2) is 36.4 Å². The molecular weight excluding hydrogens is 318 g/mol. The van der Waals surface area contributed by atoms with Gasteiger partial charge in [-0.3, -0.25) is 0 Å². The van der Waals surface area contributed by atoms with Crippen LogP contribution in [0.2, 0.25) is 5.02 Å². The second-order valence-corrected chi connectivity index (χ2v) is 5.18. The highest BCUT2D eigenvalue weighted by molar-refractivity contribution is 6.33. The lowest BCUT2D eigenvalue weighted by atomic mass is 10.1. The van der Waals surface area contributed by atoms with E-state index >= 15 is 0 Å². The summed E-state index contributed by atoms with van der Waals surface area (Å²) in [6, 6.07) is 10.2. The Morgan fingerprint density at radius 1 is 1.22 bits per heavy atom. The molecule has 122 valence electrons. The van der Waals surface area contributed by atoms with Crippen LogP contribution in [0.3, 0.4) is 0 Å². The van der Waals surface area contributed by atoms with Crippen molar-refractivity contribution in [1.82, 2.24) is 0 Å². The van der Waals surface area contributed by atoms with Gasteiger partial charge in [0.15, 0.2) is 11.5 Å². The third-order valence-corrected chi connectivity index (χ3v) is 3.55. The fourth-order valence-electron chi connectivity index (χ4n) is 2.09. The standard InChI is InChI=1S/C17H18ClNO4/c1-3-23-15-7-4-11(8-16(15)22-2)10-19-14-9-12(17(20)21)5-6-13(14)18/h4-9,19H,3,10H2,1-2H3,(H,20,21). The van der Waals surface area contributed by atoms with Gasteiger partial charge in [0, 0.05) is 6.54 Å². The van der Waals surface area contributed by atoms with Gasteiger partial charge in [-0.1, -0.05) is 17.7 Å². The Morgan fingerprint density at radius 2 is 2.00 bits per heavy atom. The number of carboxylic acid groups (broad SMARTS) is 1. The van der Waals surface area contributed by atoms with Crippen molar-refractivity contribution in [2.45, 2.75) is 13.5 Å². The second-order valence-electron chi connectivity index (χ2n) is 4.77. The number of benzene rings is 2. The van der Waals surface area contributed by atoms with Crippen LogP contribution in [0.4, 0.5) is 5.69 Å². The Balaban J connectivity index is 2.14. The molecule has 0 aliphatic heterocycles. The average molecular weight is 336 g/mol. The van der Waals surface area contributed by atoms with Gasteiger partial charge in [-0.15, -0.1) is 0 Å². The summed E-state index contributed by atoms with van der Waals surface area (Å²) in [5.41, 5.74) is 1.71.